The molecule has 2 heteroatoms. The number of hydrogen-bond donors (Lipinski definition) is 1. The number of aromatic nitrogens is 2. The van der Waals surface area contributed by atoms with E-state index in [-0.39, 0.29) is 0 Å². The van der Waals surface area contributed by atoms with Gasteiger partial charge in [0.15, 0.2) is 0 Å². The predicted molar refractivity (Wildman–Crippen MR) is 112 cm³/mol. The monoisotopic (exact) mass is 328 g/mol. The molecule has 126 valence electrons. The summed E-state index contributed by atoms with van der Waals surface area (Å²) in [5.41, 5.74) is 3.45. The van der Waals surface area contributed by atoms with E-state index in [0.717, 1.165) is 17.0 Å². The lowest BCUT2D eigenvalue weighted by Crippen LogP contribution is -1.76. The minimum atomic E-state index is 0.819. The van der Waals surface area contributed by atoms with Crippen LogP contribution in [0.1, 0.15) is 22.5 Å². The molecule has 1 aromatic heterocycles. The Hall–Kier alpha value is -3.39. The molecule has 0 saturated carbocycles. The highest BCUT2D eigenvalue weighted by molar-refractivity contribution is 5.63. The van der Waals surface area contributed by atoms with Crippen LogP contribution in [0.4, 0.5) is 0 Å². The lowest BCUT2D eigenvalue weighted by molar-refractivity contribution is 1.27. The van der Waals surface area contributed by atoms with Gasteiger partial charge in [-0.1, -0.05) is 99.1 Å². The second-order valence-corrected chi connectivity index (χ2v) is 4.83. The summed E-state index contributed by atoms with van der Waals surface area (Å²) < 4.78 is 0. The first-order valence-corrected chi connectivity index (χ1v) is 7.88. The van der Waals surface area contributed by atoms with Gasteiger partial charge in [0.25, 0.3) is 0 Å². The van der Waals surface area contributed by atoms with Crippen LogP contribution in [0.3, 0.4) is 0 Å². The Morgan fingerprint density at radius 3 is 1.56 bits per heavy atom. The van der Waals surface area contributed by atoms with Gasteiger partial charge in [-0.05, 0) is 22.8 Å². The summed E-state index contributed by atoms with van der Waals surface area (Å²) in [5.74, 6) is 0.819. The summed E-state index contributed by atoms with van der Waals surface area (Å²) in [4.78, 5) is 6.72. The lowest BCUT2D eigenvalue weighted by atomic mass is 10.1. The molecule has 2 aromatic carbocycles. The molecule has 3 rings (SSSR count). The van der Waals surface area contributed by atoms with E-state index >= 15 is 0 Å². The van der Waals surface area contributed by atoms with E-state index in [1.54, 1.807) is 18.5 Å². The maximum Gasteiger partial charge on any atom is 0.129 e. The highest BCUT2D eigenvalue weighted by Crippen LogP contribution is 2.10. The average molecular weight is 328 g/mol. The van der Waals surface area contributed by atoms with Crippen molar-refractivity contribution in [1.29, 1.82) is 0 Å². The lowest BCUT2D eigenvalue weighted by Gasteiger charge is -1.96. The summed E-state index contributed by atoms with van der Waals surface area (Å²) in [6.45, 7) is 14.5. The first-order valence-electron chi connectivity index (χ1n) is 7.88. The van der Waals surface area contributed by atoms with E-state index in [4.69, 9.17) is 0 Å². The van der Waals surface area contributed by atoms with Gasteiger partial charge < -0.3 is 4.98 Å². The summed E-state index contributed by atoms with van der Waals surface area (Å²) in [6.07, 6.45) is 10.6. The normalized spacial score (nSPS) is 8.64. The van der Waals surface area contributed by atoms with Gasteiger partial charge in [-0.25, -0.2) is 4.98 Å². The van der Waals surface area contributed by atoms with Crippen LogP contribution in [0.2, 0.25) is 0 Å². The largest absolute Gasteiger partial charge is 0.345 e. The van der Waals surface area contributed by atoms with Gasteiger partial charge in [0.1, 0.15) is 5.82 Å². The number of rotatable bonds is 4. The second-order valence-electron chi connectivity index (χ2n) is 4.83. The number of hydrogen-bond acceptors (Lipinski definition) is 1. The quantitative estimate of drug-likeness (QED) is 0.593. The molecule has 0 radical (unpaired) electrons. The minimum absolute atomic E-state index is 0.819. The summed E-state index contributed by atoms with van der Waals surface area (Å²) in [6, 6.07) is 18.0. The fourth-order valence-corrected chi connectivity index (χ4v) is 1.86. The summed E-state index contributed by atoms with van der Waals surface area (Å²) in [5, 5.41) is 0. The third-order valence-electron chi connectivity index (χ3n) is 3.18. The molecule has 3 aromatic rings. The number of nitrogens with one attached hydrogen (secondary N) is 1. The van der Waals surface area contributed by atoms with E-state index in [2.05, 4.69) is 36.3 Å². The van der Waals surface area contributed by atoms with Crippen molar-refractivity contribution in [3.05, 3.63) is 116 Å². The van der Waals surface area contributed by atoms with Crippen LogP contribution < -0.4 is 0 Å². The third-order valence-corrected chi connectivity index (χ3v) is 3.18. The maximum absolute atomic E-state index is 3.86. The van der Waals surface area contributed by atoms with Gasteiger partial charge in [-0.15, -0.1) is 0 Å². The standard InChI is InChI=1S/C10H10.C8H8.C5H6N2/c1-3-9-7-5-6-8-10(9)4-2;1-2-8-6-4-3-5-7-8;1-2-5-6-3-4-7-5/h3-8H,1-2H2;2-7H,1H2;2-4H,1H2,(H,6,7). The number of aromatic amines is 1. The fourth-order valence-electron chi connectivity index (χ4n) is 1.86. The molecule has 1 heterocycles. The van der Waals surface area contributed by atoms with E-state index in [9.17, 15) is 0 Å². The van der Waals surface area contributed by atoms with E-state index in [1.165, 1.54) is 5.56 Å². The van der Waals surface area contributed by atoms with Crippen molar-refractivity contribution < 1.29 is 0 Å². The van der Waals surface area contributed by atoms with Crippen molar-refractivity contribution in [2.24, 2.45) is 0 Å². The predicted octanol–water partition coefficient (Wildman–Crippen LogP) is 6.35. The van der Waals surface area contributed by atoms with Gasteiger partial charge in [0.2, 0.25) is 0 Å². The highest BCUT2D eigenvalue weighted by atomic mass is 14.9. The van der Waals surface area contributed by atoms with Crippen LogP contribution in [0.25, 0.3) is 24.3 Å². The molecule has 0 aliphatic carbocycles. The Morgan fingerprint density at radius 2 is 1.24 bits per heavy atom. The molecule has 2 nitrogen and oxygen atoms in total. The smallest absolute Gasteiger partial charge is 0.129 e. The van der Waals surface area contributed by atoms with Crippen molar-refractivity contribution in [3.8, 4) is 0 Å². The molecule has 25 heavy (non-hydrogen) atoms. The van der Waals surface area contributed by atoms with Crippen LogP contribution in [-0.4, -0.2) is 9.97 Å². The highest BCUT2D eigenvalue weighted by Gasteiger charge is 1.89. The molecule has 0 saturated heterocycles. The number of H-pyrrole nitrogens is 1. The third kappa shape index (κ3) is 7.62. The van der Waals surface area contributed by atoms with Gasteiger partial charge in [0, 0.05) is 12.4 Å². The van der Waals surface area contributed by atoms with E-state index in [1.807, 2.05) is 72.8 Å². The first kappa shape index (κ1) is 19.7. The van der Waals surface area contributed by atoms with Crippen molar-refractivity contribution in [1.82, 2.24) is 9.97 Å². The molecule has 0 amide bonds. The Kier molecular flexibility index (Phi) is 9.50. The molecule has 0 spiro atoms. The molecule has 0 bridgehead atoms. The number of benzene rings is 2. The van der Waals surface area contributed by atoms with Gasteiger partial charge in [0.05, 0.1) is 0 Å². The van der Waals surface area contributed by atoms with Gasteiger partial charge in [-0.2, -0.15) is 0 Å². The Bertz CT molecular complexity index is 742. The zero-order valence-corrected chi connectivity index (χ0v) is 14.4. The first-order chi connectivity index (χ1) is 12.2. The Morgan fingerprint density at radius 1 is 0.680 bits per heavy atom. The van der Waals surface area contributed by atoms with Crippen LogP contribution in [0, 0.1) is 0 Å². The number of nitrogens with zero attached hydrogens (tertiary/aromatic N) is 1. The summed E-state index contributed by atoms with van der Waals surface area (Å²) in [7, 11) is 0. The molecule has 0 aliphatic heterocycles. The minimum Gasteiger partial charge on any atom is -0.345 e. The van der Waals surface area contributed by atoms with Crippen molar-refractivity contribution in [3.63, 3.8) is 0 Å². The average Bonchev–Trinajstić information content (AvgIpc) is 3.23. The molecule has 0 atom stereocenters. The maximum atomic E-state index is 3.86. The van der Waals surface area contributed by atoms with Crippen molar-refractivity contribution >= 4 is 24.3 Å². The molecule has 1 N–H and O–H groups in total. The van der Waals surface area contributed by atoms with Crippen LogP contribution in [-0.2, 0) is 0 Å². The van der Waals surface area contributed by atoms with Crippen LogP contribution >= 0.6 is 0 Å². The van der Waals surface area contributed by atoms with Gasteiger partial charge in [-0.3, -0.25) is 0 Å². The SMILES string of the molecule is C=Cc1ccccc1.C=Cc1ccccc1C=C.C=Cc1ncc[nH]1. The second kappa shape index (κ2) is 12.1. The fraction of sp³-hybridized carbons (Fsp3) is 0. The van der Waals surface area contributed by atoms with E-state index in [0.29, 0.717) is 0 Å². The molecule has 0 unspecified atom stereocenters. The Balaban J connectivity index is 0.000000191. The topological polar surface area (TPSA) is 28.7 Å². The van der Waals surface area contributed by atoms with Crippen molar-refractivity contribution in [2.45, 2.75) is 0 Å². The number of imidazole rings is 1. The molecule has 0 aliphatic rings. The summed E-state index contributed by atoms with van der Waals surface area (Å²) >= 11 is 0. The van der Waals surface area contributed by atoms with Crippen LogP contribution in [0.5, 0.6) is 0 Å². The van der Waals surface area contributed by atoms with Gasteiger partial charge >= 0.3 is 0 Å². The Labute approximate surface area is 150 Å². The van der Waals surface area contributed by atoms with Crippen LogP contribution in [0.15, 0.2) is 93.3 Å². The molecular formula is C23H24N2. The zero-order chi connectivity index (χ0) is 18.3. The van der Waals surface area contributed by atoms with Crippen molar-refractivity contribution in [2.75, 3.05) is 0 Å². The zero-order valence-electron chi connectivity index (χ0n) is 14.4. The molecule has 0 fully saturated rings. The molecular weight excluding hydrogens is 304 g/mol. The van der Waals surface area contributed by atoms with E-state index < -0.39 is 0 Å².